The highest BCUT2D eigenvalue weighted by molar-refractivity contribution is 5.31. The van der Waals surface area contributed by atoms with Crippen LogP contribution in [-0.4, -0.2) is 89.5 Å². The minimum atomic E-state index is 0.325. The molecule has 2 saturated heterocycles. The van der Waals surface area contributed by atoms with Gasteiger partial charge in [-0.05, 0) is 26.7 Å². The maximum Gasteiger partial charge on any atom is 0.245 e. The molecule has 1 aromatic rings. The van der Waals surface area contributed by atoms with E-state index in [0.717, 1.165) is 82.6 Å². The number of nitrogens with zero attached hydrogens (tertiary/aromatic N) is 6. The Bertz CT molecular complexity index is 573. The van der Waals surface area contributed by atoms with Gasteiger partial charge < -0.3 is 9.64 Å². The Labute approximate surface area is 157 Å². The summed E-state index contributed by atoms with van der Waals surface area (Å²) in [6, 6.07) is 0.599. The van der Waals surface area contributed by atoms with Crippen LogP contribution in [0.5, 0.6) is 0 Å². The van der Waals surface area contributed by atoms with Crippen molar-refractivity contribution in [3.63, 3.8) is 0 Å². The maximum atomic E-state index is 6.00. The highest BCUT2D eigenvalue weighted by Gasteiger charge is 2.26. The van der Waals surface area contributed by atoms with Gasteiger partial charge in [-0.25, -0.2) is 4.98 Å². The summed E-state index contributed by atoms with van der Waals surface area (Å²) >= 11 is 0. The van der Waals surface area contributed by atoms with E-state index in [1.807, 2.05) is 0 Å². The minimum absolute atomic E-state index is 0.325. The van der Waals surface area contributed by atoms with Gasteiger partial charge in [0.25, 0.3) is 0 Å². The summed E-state index contributed by atoms with van der Waals surface area (Å²) in [5.74, 6) is 0.790. The van der Waals surface area contributed by atoms with Crippen molar-refractivity contribution in [3.8, 4) is 0 Å². The molecule has 0 saturated carbocycles. The molecule has 0 aliphatic carbocycles. The standard InChI is InChI=1S/C19H34N6O/c1-5-17-18(6-2)21-22-19(20-17)24-9-7-23(8-10-24)13-16-14-25(15(3)4)11-12-26-16/h15-16H,5-14H2,1-4H3. The smallest absolute Gasteiger partial charge is 0.245 e. The summed E-state index contributed by atoms with van der Waals surface area (Å²) in [4.78, 5) is 12.1. The molecule has 3 heterocycles. The average molecular weight is 363 g/mol. The lowest BCUT2D eigenvalue weighted by atomic mass is 10.2. The molecule has 0 aromatic carbocycles. The number of hydrogen-bond donors (Lipinski definition) is 0. The van der Waals surface area contributed by atoms with E-state index in [9.17, 15) is 0 Å². The molecule has 2 fully saturated rings. The van der Waals surface area contributed by atoms with E-state index in [1.165, 1.54) is 0 Å². The van der Waals surface area contributed by atoms with Crippen LogP contribution in [0.15, 0.2) is 0 Å². The van der Waals surface area contributed by atoms with Crippen molar-refractivity contribution in [1.82, 2.24) is 25.0 Å². The lowest BCUT2D eigenvalue weighted by Crippen LogP contribution is -2.53. The first-order valence-electron chi connectivity index (χ1n) is 10.2. The first-order valence-corrected chi connectivity index (χ1v) is 10.2. The first-order chi connectivity index (χ1) is 12.6. The number of morpholine rings is 1. The summed E-state index contributed by atoms with van der Waals surface area (Å²) in [6.07, 6.45) is 2.13. The van der Waals surface area contributed by atoms with Crippen molar-refractivity contribution in [2.24, 2.45) is 0 Å². The first kappa shape index (κ1) is 19.5. The number of hydrogen-bond acceptors (Lipinski definition) is 7. The fourth-order valence-electron chi connectivity index (χ4n) is 3.80. The summed E-state index contributed by atoms with van der Waals surface area (Å²) in [7, 11) is 0. The SMILES string of the molecule is CCc1nnc(N2CCN(CC3CN(C(C)C)CCO3)CC2)nc1CC. The van der Waals surface area contributed by atoms with Gasteiger partial charge in [-0.3, -0.25) is 9.80 Å². The van der Waals surface area contributed by atoms with Crippen LogP contribution >= 0.6 is 0 Å². The molecule has 1 aromatic heterocycles. The Morgan fingerprint density at radius 1 is 1.00 bits per heavy atom. The summed E-state index contributed by atoms with van der Waals surface area (Å²) in [5.41, 5.74) is 2.11. The van der Waals surface area contributed by atoms with Crippen LogP contribution in [0, 0.1) is 0 Å². The molecule has 7 heteroatoms. The molecule has 2 aliphatic rings. The van der Waals surface area contributed by atoms with Crippen molar-refractivity contribution in [3.05, 3.63) is 11.4 Å². The second kappa shape index (κ2) is 9.06. The lowest BCUT2D eigenvalue weighted by molar-refractivity contribution is -0.0525. The average Bonchev–Trinajstić information content (AvgIpc) is 2.68. The van der Waals surface area contributed by atoms with E-state index in [4.69, 9.17) is 9.72 Å². The number of piperazine rings is 1. The van der Waals surface area contributed by atoms with E-state index in [1.54, 1.807) is 0 Å². The van der Waals surface area contributed by atoms with Crippen LogP contribution in [0.3, 0.4) is 0 Å². The Kier molecular flexibility index (Phi) is 6.78. The summed E-state index contributed by atoms with van der Waals surface area (Å²) < 4.78 is 6.00. The molecule has 0 amide bonds. The molecule has 7 nitrogen and oxygen atoms in total. The van der Waals surface area contributed by atoms with E-state index in [-0.39, 0.29) is 0 Å². The minimum Gasteiger partial charge on any atom is -0.374 e. The van der Waals surface area contributed by atoms with Gasteiger partial charge in [-0.15, -0.1) is 5.10 Å². The number of aryl methyl sites for hydroxylation is 2. The normalized spacial score (nSPS) is 23.0. The van der Waals surface area contributed by atoms with E-state index < -0.39 is 0 Å². The van der Waals surface area contributed by atoms with E-state index in [2.05, 4.69) is 52.6 Å². The molecule has 0 spiro atoms. The van der Waals surface area contributed by atoms with E-state index >= 15 is 0 Å². The Morgan fingerprint density at radius 3 is 2.38 bits per heavy atom. The number of aromatic nitrogens is 3. The lowest BCUT2D eigenvalue weighted by Gasteiger charge is -2.40. The van der Waals surface area contributed by atoms with Crippen molar-refractivity contribution >= 4 is 5.95 Å². The molecule has 0 bridgehead atoms. The van der Waals surface area contributed by atoms with Gasteiger partial charge in [0, 0.05) is 51.9 Å². The molecule has 0 radical (unpaired) electrons. The van der Waals surface area contributed by atoms with Gasteiger partial charge in [0.15, 0.2) is 0 Å². The Morgan fingerprint density at radius 2 is 1.73 bits per heavy atom. The maximum absolute atomic E-state index is 6.00. The van der Waals surface area contributed by atoms with E-state index in [0.29, 0.717) is 12.1 Å². The number of rotatable bonds is 6. The zero-order valence-electron chi connectivity index (χ0n) is 16.8. The molecule has 3 rings (SSSR count). The third-order valence-corrected chi connectivity index (χ3v) is 5.52. The third kappa shape index (κ3) is 4.69. The fourth-order valence-corrected chi connectivity index (χ4v) is 3.80. The molecule has 2 aliphatic heterocycles. The van der Waals surface area contributed by atoms with Crippen LogP contribution in [0.2, 0.25) is 0 Å². The van der Waals surface area contributed by atoms with Crippen LogP contribution in [0.4, 0.5) is 5.95 Å². The van der Waals surface area contributed by atoms with Gasteiger partial charge in [0.1, 0.15) is 0 Å². The second-order valence-corrected chi connectivity index (χ2v) is 7.58. The van der Waals surface area contributed by atoms with Crippen LogP contribution in [0.1, 0.15) is 39.1 Å². The molecular formula is C19H34N6O. The van der Waals surface area contributed by atoms with Crippen molar-refractivity contribution < 1.29 is 4.74 Å². The summed E-state index contributed by atoms with van der Waals surface area (Å²) in [6.45, 7) is 16.7. The van der Waals surface area contributed by atoms with Crippen molar-refractivity contribution in [2.75, 3.05) is 57.3 Å². The van der Waals surface area contributed by atoms with Gasteiger partial charge in [0.05, 0.1) is 24.1 Å². The Hall–Kier alpha value is -1.31. The molecule has 26 heavy (non-hydrogen) atoms. The zero-order valence-corrected chi connectivity index (χ0v) is 16.8. The number of ether oxygens (including phenoxy) is 1. The topological polar surface area (TPSA) is 57.6 Å². The fraction of sp³-hybridized carbons (Fsp3) is 0.842. The summed E-state index contributed by atoms with van der Waals surface area (Å²) in [5, 5.41) is 8.75. The second-order valence-electron chi connectivity index (χ2n) is 7.58. The molecule has 146 valence electrons. The van der Waals surface area contributed by atoms with Crippen molar-refractivity contribution in [1.29, 1.82) is 0 Å². The molecule has 0 N–H and O–H groups in total. The van der Waals surface area contributed by atoms with Gasteiger partial charge >= 0.3 is 0 Å². The highest BCUT2D eigenvalue weighted by atomic mass is 16.5. The largest absolute Gasteiger partial charge is 0.374 e. The predicted octanol–water partition coefficient (Wildman–Crippen LogP) is 1.23. The van der Waals surface area contributed by atoms with Crippen molar-refractivity contribution in [2.45, 2.75) is 52.7 Å². The van der Waals surface area contributed by atoms with Gasteiger partial charge in [0.2, 0.25) is 5.95 Å². The van der Waals surface area contributed by atoms with Crippen LogP contribution in [-0.2, 0) is 17.6 Å². The van der Waals surface area contributed by atoms with Gasteiger partial charge in [-0.1, -0.05) is 13.8 Å². The highest BCUT2D eigenvalue weighted by Crippen LogP contribution is 2.15. The quantitative estimate of drug-likeness (QED) is 0.754. The zero-order chi connectivity index (χ0) is 18.5. The predicted molar refractivity (Wildman–Crippen MR) is 104 cm³/mol. The van der Waals surface area contributed by atoms with Gasteiger partial charge in [-0.2, -0.15) is 5.10 Å². The molecular weight excluding hydrogens is 328 g/mol. The molecule has 1 unspecified atom stereocenters. The molecule has 1 atom stereocenters. The monoisotopic (exact) mass is 362 g/mol. The van der Waals surface area contributed by atoms with Crippen LogP contribution in [0.25, 0.3) is 0 Å². The number of anilines is 1. The van der Waals surface area contributed by atoms with Crippen LogP contribution < -0.4 is 4.90 Å². The Balaban J connectivity index is 1.51. The third-order valence-electron chi connectivity index (χ3n) is 5.52.